The largest absolute Gasteiger partial charge is 0.310 e. The molecule has 0 spiro atoms. The summed E-state index contributed by atoms with van der Waals surface area (Å²) in [5, 5.41) is 4.37. The predicted octanol–water partition coefficient (Wildman–Crippen LogP) is 4.83. The van der Waals surface area contributed by atoms with E-state index in [0.717, 1.165) is 43.4 Å². The summed E-state index contributed by atoms with van der Waals surface area (Å²) in [6.45, 7) is 13.2. The van der Waals surface area contributed by atoms with E-state index < -0.39 is 0 Å². The molecule has 0 heterocycles. The first-order valence-corrected chi connectivity index (χ1v) is 9.36. The molecule has 120 valence electrons. The Labute approximate surface area is 139 Å². The summed E-state index contributed by atoms with van der Waals surface area (Å²) < 4.78 is 0. The van der Waals surface area contributed by atoms with E-state index in [1.807, 2.05) is 11.8 Å². The first-order valence-electron chi connectivity index (χ1n) is 8.00. The van der Waals surface area contributed by atoms with Gasteiger partial charge in [0.25, 0.3) is 0 Å². The quantitative estimate of drug-likeness (QED) is 0.619. The molecule has 0 saturated carbocycles. The summed E-state index contributed by atoms with van der Waals surface area (Å²) in [7, 11) is 0. The van der Waals surface area contributed by atoms with Gasteiger partial charge in [0.15, 0.2) is 0 Å². The van der Waals surface area contributed by atoms with Crippen molar-refractivity contribution >= 4 is 23.4 Å². The molecule has 1 aromatic rings. The van der Waals surface area contributed by atoms with Gasteiger partial charge in [-0.25, -0.2) is 0 Å². The zero-order valence-corrected chi connectivity index (χ0v) is 15.4. The molecule has 0 aliphatic rings. The van der Waals surface area contributed by atoms with Crippen LogP contribution in [0.15, 0.2) is 23.1 Å². The van der Waals surface area contributed by atoms with Crippen LogP contribution in [0.3, 0.4) is 0 Å². The minimum absolute atomic E-state index is 0.358. The van der Waals surface area contributed by atoms with Crippen LogP contribution in [-0.2, 0) is 0 Å². The van der Waals surface area contributed by atoms with E-state index in [1.54, 1.807) is 0 Å². The van der Waals surface area contributed by atoms with Gasteiger partial charge in [-0.1, -0.05) is 38.4 Å². The number of nitrogens with zero attached hydrogens (tertiary/aromatic N) is 1. The molecule has 0 aromatic heterocycles. The number of benzene rings is 1. The lowest BCUT2D eigenvalue weighted by molar-refractivity contribution is 0.324. The first-order chi connectivity index (χ1) is 10.1. The van der Waals surface area contributed by atoms with Crippen molar-refractivity contribution in [3.8, 4) is 0 Å². The number of hydrogen-bond acceptors (Lipinski definition) is 3. The van der Waals surface area contributed by atoms with E-state index in [0.29, 0.717) is 6.04 Å². The molecule has 4 heteroatoms. The van der Waals surface area contributed by atoms with Crippen molar-refractivity contribution in [2.24, 2.45) is 0 Å². The fraction of sp³-hybridized carbons (Fsp3) is 0.647. The van der Waals surface area contributed by atoms with Crippen LogP contribution in [-0.4, -0.2) is 36.8 Å². The fourth-order valence-corrected chi connectivity index (χ4v) is 3.49. The Bertz CT molecular complexity index is 408. The zero-order valence-electron chi connectivity index (χ0n) is 13.8. The van der Waals surface area contributed by atoms with Crippen molar-refractivity contribution in [2.45, 2.75) is 45.1 Å². The molecule has 0 aliphatic heterocycles. The van der Waals surface area contributed by atoms with Gasteiger partial charge in [0.1, 0.15) is 0 Å². The molecular formula is C17H29ClN2S. The van der Waals surface area contributed by atoms with E-state index in [2.05, 4.69) is 56.1 Å². The standard InChI is InChI=1S/C17H29ClN2S/c1-5-10-19-14(4)15-8-9-17(16(18)13-15)21-12-11-20(6-2)7-3/h8-9,13-14,19H,5-7,10-12H2,1-4H3. The normalized spacial score (nSPS) is 12.9. The molecule has 2 nitrogen and oxygen atoms in total. The van der Waals surface area contributed by atoms with Crippen molar-refractivity contribution in [1.82, 2.24) is 10.2 Å². The molecule has 0 fully saturated rings. The average molecular weight is 329 g/mol. The average Bonchev–Trinajstić information content (AvgIpc) is 2.50. The van der Waals surface area contributed by atoms with E-state index >= 15 is 0 Å². The number of thioether (sulfide) groups is 1. The van der Waals surface area contributed by atoms with Crippen molar-refractivity contribution in [3.05, 3.63) is 28.8 Å². The molecule has 1 rings (SSSR count). The minimum Gasteiger partial charge on any atom is -0.310 e. The highest BCUT2D eigenvalue weighted by Crippen LogP contribution is 2.29. The molecule has 1 N–H and O–H groups in total. The van der Waals surface area contributed by atoms with Crippen LogP contribution in [0.1, 0.15) is 45.7 Å². The van der Waals surface area contributed by atoms with E-state index in [-0.39, 0.29) is 0 Å². The van der Waals surface area contributed by atoms with Crippen LogP contribution in [0.4, 0.5) is 0 Å². The topological polar surface area (TPSA) is 15.3 Å². The van der Waals surface area contributed by atoms with Crippen LogP contribution in [0.5, 0.6) is 0 Å². The number of rotatable bonds is 10. The summed E-state index contributed by atoms with van der Waals surface area (Å²) >= 11 is 8.28. The van der Waals surface area contributed by atoms with Crippen LogP contribution in [0.2, 0.25) is 5.02 Å². The van der Waals surface area contributed by atoms with Gasteiger partial charge in [0, 0.05) is 23.2 Å². The summed E-state index contributed by atoms with van der Waals surface area (Å²) in [5.74, 6) is 1.09. The fourth-order valence-electron chi connectivity index (χ4n) is 2.21. The lowest BCUT2D eigenvalue weighted by atomic mass is 10.1. The highest BCUT2D eigenvalue weighted by molar-refractivity contribution is 7.99. The van der Waals surface area contributed by atoms with Gasteiger partial charge in [0.2, 0.25) is 0 Å². The van der Waals surface area contributed by atoms with E-state index in [1.165, 1.54) is 10.5 Å². The summed E-state index contributed by atoms with van der Waals surface area (Å²) in [6.07, 6.45) is 1.15. The maximum Gasteiger partial charge on any atom is 0.0545 e. The maximum absolute atomic E-state index is 6.43. The third-order valence-electron chi connectivity index (χ3n) is 3.72. The predicted molar refractivity (Wildman–Crippen MR) is 96.7 cm³/mol. The smallest absolute Gasteiger partial charge is 0.0545 e. The zero-order chi connectivity index (χ0) is 15.7. The molecule has 0 bridgehead atoms. The molecule has 0 radical (unpaired) electrons. The Hall–Kier alpha value is -0.220. The molecule has 0 amide bonds. The highest BCUT2D eigenvalue weighted by Gasteiger charge is 2.08. The van der Waals surface area contributed by atoms with Crippen molar-refractivity contribution in [1.29, 1.82) is 0 Å². The number of nitrogens with one attached hydrogen (secondary N) is 1. The molecular weight excluding hydrogens is 300 g/mol. The third-order valence-corrected chi connectivity index (χ3v) is 5.19. The molecule has 1 unspecified atom stereocenters. The number of hydrogen-bond donors (Lipinski definition) is 1. The van der Waals surface area contributed by atoms with Crippen LogP contribution in [0.25, 0.3) is 0 Å². The van der Waals surface area contributed by atoms with Gasteiger partial charge in [-0.05, 0) is 50.7 Å². The van der Waals surface area contributed by atoms with Crippen LogP contribution < -0.4 is 5.32 Å². The van der Waals surface area contributed by atoms with Crippen LogP contribution >= 0.6 is 23.4 Å². The Morgan fingerprint density at radius 1 is 1.24 bits per heavy atom. The van der Waals surface area contributed by atoms with Gasteiger partial charge in [-0.15, -0.1) is 11.8 Å². The summed E-state index contributed by atoms with van der Waals surface area (Å²) in [6, 6.07) is 6.82. The van der Waals surface area contributed by atoms with Crippen LogP contribution in [0, 0.1) is 0 Å². The Morgan fingerprint density at radius 2 is 1.95 bits per heavy atom. The molecule has 1 atom stereocenters. The summed E-state index contributed by atoms with van der Waals surface area (Å²) in [5.41, 5.74) is 1.27. The Balaban J connectivity index is 2.53. The van der Waals surface area contributed by atoms with Gasteiger partial charge >= 0.3 is 0 Å². The maximum atomic E-state index is 6.43. The van der Waals surface area contributed by atoms with Gasteiger partial charge in [-0.3, -0.25) is 0 Å². The van der Waals surface area contributed by atoms with Gasteiger partial charge < -0.3 is 10.2 Å². The Morgan fingerprint density at radius 3 is 2.52 bits per heavy atom. The summed E-state index contributed by atoms with van der Waals surface area (Å²) in [4.78, 5) is 3.63. The van der Waals surface area contributed by atoms with Gasteiger partial charge in [0.05, 0.1) is 5.02 Å². The number of halogens is 1. The SMILES string of the molecule is CCCNC(C)c1ccc(SCCN(CC)CC)c(Cl)c1. The second-order valence-corrected chi connectivity index (χ2v) is 6.78. The molecule has 1 aromatic carbocycles. The van der Waals surface area contributed by atoms with E-state index in [9.17, 15) is 0 Å². The minimum atomic E-state index is 0.358. The molecule has 21 heavy (non-hydrogen) atoms. The lowest BCUT2D eigenvalue weighted by Gasteiger charge is -2.18. The monoisotopic (exact) mass is 328 g/mol. The van der Waals surface area contributed by atoms with Crippen molar-refractivity contribution < 1.29 is 0 Å². The molecule has 0 aliphatic carbocycles. The Kier molecular flexibility index (Phi) is 9.41. The van der Waals surface area contributed by atoms with Gasteiger partial charge in [-0.2, -0.15) is 0 Å². The van der Waals surface area contributed by atoms with Crippen molar-refractivity contribution in [2.75, 3.05) is 31.9 Å². The highest BCUT2D eigenvalue weighted by atomic mass is 35.5. The molecule has 0 saturated heterocycles. The first kappa shape index (κ1) is 18.8. The van der Waals surface area contributed by atoms with Crippen molar-refractivity contribution in [3.63, 3.8) is 0 Å². The second kappa shape index (κ2) is 10.5. The van der Waals surface area contributed by atoms with E-state index in [4.69, 9.17) is 11.6 Å². The lowest BCUT2D eigenvalue weighted by Crippen LogP contribution is -2.25. The third kappa shape index (κ3) is 6.60. The second-order valence-electron chi connectivity index (χ2n) is 5.24.